The van der Waals surface area contributed by atoms with Crippen LogP contribution < -0.4 is 4.74 Å². The van der Waals surface area contributed by atoms with E-state index in [1.54, 1.807) is 11.0 Å². The van der Waals surface area contributed by atoms with E-state index in [0.29, 0.717) is 18.0 Å². The van der Waals surface area contributed by atoms with Gasteiger partial charge in [-0.1, -0.05) is 45.0 Å². The number of aromatic nitrogens is 2. The van der Waals surface area contributed by atoms with Crippen LogP contribution in [0, 0.1) is 20.8 Å². The molecule has 1 atom stereocenters. The molecule has 0 spiro atoms. The molecule has 1 aliphatic heterocycles. The SMILES string of the molecule is C=C(OC(C)(C)CC)N(CO)C[C@H]1CCc2cc(-c3cccc(C(=O)OC)c3)ccc2O1.CC.Cc1ccc(-n2c(C)ccc2C)nc1. The summed E-state index contributed by atoms with van der Waals surface area (Å²) in [5.41, 5.74) is 6.92. The summed E-state index contributed by atoms with van der Waals surface area (Å²) in [4.78, 5) is 18.0. The minimum atomic E-state index is -0.350. The van der Waals surface area contributed by atoms with Gasteiger partial charge in [-0.15, -0.1) is 0 Å². The summed E-state index contributed by atoms with van der Waals surface area (Å²) in [6, 6.07) is 21.8. The van der Waals surface area contributed by atoms with Crippen LogP contribution in [0.1, 0.15) is 80.3 Å². The van der Waals surface area contributed by atoms with Gasteiger partial charge < -0.3 is 28.8 Å². The molecule has 48 heavy (non-hydrogen) atoms. The Labute approximate surface area is 287 Å². The summed E-state index contributed by atoms with van der Waals surface area (Å²) in [7, 11) is 1.38. The van der Waals surface area contributed by atoms with Crippen LogP contribution in [-0.2, 0) is 15.9 Å². The van der Waals surface area contributed by atoms with Gasteiger partial charge in [0.1, 0.15) is 30.0 Å². The quantitative estimate of drug-likeness (QED) is 0.104. The summed E-state index contributed by atoms with van der Waals surface area (Å²) in [6.45, 7) is 20.6. The van der Waals surface area contributed by atoms with Gasteiger partial charge in [0.05, 0.1) is 19.2 Å². The number of carbonyl (C=O) groups is 1. The van der Waals surface area contributed by atoms with Gasteiger partial charge in [-0.3, -0.25) is 0 Å². The van der Waals surface area contributed by atoms with Crippen LogP contribution in [0.5, 0.6) is 5.75 Å². The number of ether oxygens (including phenoxy) is 3. The van der Waals surface area contributed by atoms with E-state index >= 15 is 0 Å². The van der Waals surface area contributed by atoms with Gasteiger partial charge in [-0.2, -0.15) is 0 Å². The molecule has 8 heteroatoms. The summed E-state index contributed by atoms with van der Waals surface area (Å²) in [6.07, 6.45) is 4.34. The number of hydrogen-bond donors (Lipinski definition) is 1. The van der Waals surface area contributed by atoms with Crippen molar-refractivity contribution in [1.29, 1.82) is 0 Å². The van der Waals surface area contributed by atoms with E-state index in [1.165, 1.54) is 24.1 Å². The third-order valence-electron chi connectivity index (χ3n) is 8.30. The number of fused-ring (bicyclic) bond motifs is 1. The van der Waals surface area contributed by atoms with Gasteiger partial charge >= 0.3 is 5.97 Å². The van der Waals surface area contributed by atoms with Crippen molar-refractivity contribution in [3.05, 3.63) is 113 Å². The van der Waals surface area contributed by atoms with Crippen molar-refractivity contribution in [2.24, 2.45) is 0 Å². The van der Waals surface area contributed by atoms with Crippen molar-refractivity contribution in [2.75, 3.05) is 20.4 Å². The molecular weight excluding hydrogens is 602 g/mol. The van der Waals surface area contributed by atoms with E-state index in [2.05, 4.69) is 67.2 Å². The molecule has 5 rings (SSSR count). The van der Waals surface area contributed by atoms with E-state index in [9.17, 15) is 9.90 Å². The molecule has 0 bridgehead atoms. The average molecular weight is 656 g/mol. The first kappa shape index (κ1) is 37.9. The lowest BCUT2D eigenvalue weighted by Crippen LogP contribution is -2.39. The van der Waals surface area contributed by atoms with Crippen molar-refractivity contribution in [1.82, 2.24) is 14.5 Å². The van der Waals surface area contributed by atoms with E-state index < -0.39 is 0 Å². The molecular formula is C40H53N3O5. The third-order valence-corrected chi connectivity index (χ3v) is 8.30. The Kier molecular flexibility index (Phi) is 13.9. The number of carbonyl (C=O) groups excluding carboxylic acids is 1. The minimum absolute atomic E-state index is 0.0757. The molecule has 0 aliphatic carbocycles. The number of nitrogens with zero attached hydrogens (tertiary/aromatic N) is 3. The zero-order valence-corrected chi connectivity index (χ0v) is 30.2. The molecule has 4 aromatic rings. The zero-order chi connectivity index (χ0) is 35.4. The second-order valence-electron chi connectivity index (χ2n) is 12.3. The Morgan fingerprint density at radius 1 is 1.04 bits per heavy atom. The standard InChI is InChI=1S/C26H33NO5.C12H14N2.C2H6/c1-6-26(3,4)32-18(2)27(17-28)16-23-12-10-21-14-20(11-13-24(21)31-23)19-8-7-9-22(15-19)25(29)30-5;1-9-4-7-12(13-8-9)14-10(2)5-6-11(14)3;1-2/h7-9,11,13-15,23,28H,2,6,10,12,16-17H2,1,3-5H3;4-8H,1-3H3;1-2H3/t23-;;/m1../s1. The van der Waals surface area contributed by atoms with Crippen LogP contribution in [0.2, 0.25) is 0 Å². The van der Waals surface area contributed by atoms with E-state index in [1.807, 2.05) is 71.1 Å². The van der Waals surface area contributed by atoms with Crippen molar-refractivity contribution in [3.63, 3.8) is 0 Å². The summed E-state index contributed by atoms with van der Waals surface area (Å²) < 4.78 is 19.1. The van der Waals surface area contributed by atoms with E-state index in [4.69, 9.17) is 14.2 Å². The fourth-order valence-corrected chi connectivity index (χ4v) is 5.26. The number of benzene rings is 2. The molecule has 3 heterocycles. The second-order valence-corrected chi connectivity index (χ2v) is 12.3. The topological polar surface area (TPSA) is 86.0 Å². The lowest BCUT2D eigenvalue weighted by atomic mass is 9.96. The first-order valence-electron chi connectivity index (χ1n) is 16.7. The molecule has 8 nitrogen and oxygen atoms in total. The molecule has 0 fully saturated rings. The number of hydrogen-bond acceptors (Lipinski definition) is 7. The van der Waals surface area contributed by atoms with Gasteiger partial charge in [0.2, 0.25) is 0 Å². The molecule has 2 aromatic carbocycles. The monoisotopic (exact) mass is 655 g/mol. The minimum Gasteiger partial charge on any atom is -0.488 e. The number of rotatable bonds is 10. The van der Waals surface area contributed by atoms with Gasteiger partial charge in [0.25, 0.3) is 0 Å². The van der Waals surface area contributed by atoms with Crippen molar-refractivity contribution >= 4 is 5.97 Å². The van der Waals surface area contributed by atoms with Crippen LogP contribution in [-0.4, -0.2) is 57.6 Å². The highest BCUT2D eigenvalue weighted by Crippen LogP contribution is 2.33. The van der Waals surface area contributed by atoms with Gasteiger partial charge in [0, 0.05) is 17.6 Å². The molecule has 0 unspecified atom stereocenters. The Balaban J connectivity index is 0.000000323. The Bertz CT molecular complexity index is 1620. The van der Waals surface area contributed by atoms with Crippen molar-refractivity contribution in [2.45, 2.75) is 86.4 Å². The molecule has 0 saturated heterocycles. The maximum atomic E-state index is 11.8. The highest BCUT2D eigenvalue weighted by molar-refractivity contribution is 5.91. The number of esters is 1. The van der Waals surface area contributed by atoms with Crippen LogP contribution in [0.3, 0.4) is 0 Å². The fourth-order valence-electron chi connectivity index (χ4n) is 5.26. The van der Waals surface area contributed by atoms with Gasteiger partial charge in [0.15, 0.2) is 5.88 Å². The second kappa shape index (κ2) is 17.6. The lowest BCUT2D eigenvalue weighted by molar-refractivity contribution is -0.0429. The number of aryl methyl sites for hydroxylation is 4. The summed E-state index contributed by atoms with van der Waals surface area (Å²) in [5.74, 6) is 1.94. The lowest BCUT2D eigenvalue weighted by Gasteiger charge is -2.35. The maximum Gasteiger partial charge on any atom is 0.337 e. The number of aliphatic hydroxyl groups excluding tert-OH is 1. The average Bonchev–Trinajstić information content (AvgIpc) is 3.44. The summed E-state index contributed by atoms with van der Waals surface area (Å²) in [5, 5.41) is 9.83. The number of methoxy groups -OCH3 is 1. The fraction of sp³-hybridized carbons (Fsp3) is 0.400. The van der Waals surface area contributed by atoms with E-state index in [-0.39, 0.29) is 24.4 Å². The Morgan fingerprint density at radius 2 is 1.73 bits per heavy atom. The Morgan fingerprint density at radius 3 is 2.33 bits per heavy atom. The molecule has 1 N–H and O–H groups in total. The number of aliphatic hydroxyl groups is 1. The molecule has 0 saturated carbocycles. The normalized spacial score (nSPS) is 13.4. The van der Waals surface area contributed by atoms with Crippen molar-refractivity contribution in [3.8, 4) is 22.7 Å². The first-order chi connectivity index (χ1) is 22.9. The predicted octanol–water partition coefficient (Wildman–Crippen LogP) is 8.59. The largest absolute Gasteiger partial charge is 0.488 e. The maximum absolute atomic E-state index is 11.8. The van der Waals surface area contributed by atoms with Crippen LogP contribution in [0.25, 0.3) is 16.9 Å². The molecule has 258 valence electrons. The van der Waals surface area contributed by atoms with E-state index in [0.717, 1.165) is 47.5 Å². The molecule has 1 aliphatic rings. The highest BCUT2D eigenvalue weighted by Gasteiger charge is 2.26. The smallest absolute Gasteiger partial charge is 0.337 e. The van der Waals surface area contributed by atoms with Gasteiger partial charge in [-0.25, -0.2) is 9.78 Å². The Hall–Kier alpha value is -4.56. The highest BCUT2D eigenvalue weighted by atomic mass is 16.5. The van der Waals surface area contributed by atoms with Gasteiger partial charge in [-0.05, 0) is 125 Å². The van der Waals surface area contributed by atoms with Crippen LogP contribution >= 0.6 is 0 Å². The van der Waals surface area contributed by atoms with Crippen molar-refractivity contribution < 1.29 is 24.1 Å². The first-order valence-corrected chi connectivity index (χ1v) is 16.7. The zero-order valence-electron chi connectivity index (χ0n) is 30.2. The molecule has 2 aromatic heterocycles. The summed E-state index contributed by atoms with van der Waals surface area (Å²) >= 11 is 0. The number of pyridine rings is 1. The molecule has 0 radical (unpaired) electrons. The third kappa shape index (κ3) is 9.97. The van der Waals surface area contributed by atoms with Crippen LogP contribution in [0.15, 0.2) is 85.4 Å². The van der Waals surface area contributed by atoms with Crippen LogP contribution in [0.4, 0.5) is 0 Å². The molecule has 0 amide bonds. The predicted molar refractivity (Wildman–Crippen MR) is 193 cm³/mol.